The number of nitrogens with zero attached hydrogens (tertiary/aromatic N) is 5. The number of benzene rings is 1. The molecule has 4 heterocycles. The van der Waals surface area contributed by atoms with Crippen molar-refractivity contribution in [2.24, 2.45) is 0 Å². The molecule has 2 N–H and O–H groups in total. The normalized spacial score (nSPS) is 11.6. The molecule has 0 saturated heterocycles. The van der Waals surface area contributed by atoms with E-state index in [2.05, 4.69) is 25.4 Å². The summed E-state index contributed by atoms with van der Waals surface area (Å²) >= 11 is 1.41. The van der Waals surface area contributed by atoms with E-state index in [0.29, 0.717) is 24.3 Å². The lowest BCUT2D eigenvalue weighted by molar-refractivity contribution is 0.0651. The minimum atomic E-state index is -0.776. The zero-order chi connectivity index (χ0) is 24.4. The van der Waals surface area contributed by atoms with E-state index in [1.807, 2.05) is 47.3 Å². The number of amides is 1. The Labute approximate surface area is 206 Å². The van der Waals surface area contributed by atoms with Gasteiger partial charge in [0.05, 0.1) is 11.1 Å². The first-order valence-electron chi connectivity index (χ1n) is 11.2. The van der Waals surface area contributed by atoms with Crippen LogP contribution >= 0.6 is 11.3 Å². The summed E-state index contributed by atoms with van der Waals surface area (Å²) in [6.07, 6.45) is 9.34. The average Bonchev–Trinajstić information content (AvgIpc) is 3.50. The summed E-state index contributed by atoms with van der Waals surface area (Å²) in [5.74, 6) is -0.286. The summed E-state index contributed by atoms with van der Waals surface area (Å²) in [5.41, 5.74) is 3.71. The van der Waals surface area contributed by atoms with E-state index in [4.69, 9.17) is 0 Å². The fraction of sp³-hybridized carbons (Fsp3) is 0.192. The average molecular weight is 485 g/mol. The van der Waals surface area contributed by atoms with E-state index in [1.54, 1.807) is 44.0 Å². The number of carbonyl (C=O) groups excluding carboxylic acids is 1. The fourth-order valence-corrected chi connectivity index (χ4v) is 4.50. The second-order valence-corrected chi connectivity index (χ2v) is 9.73. The van der Waals surface area contributed by atoms with Crippen molar-refractivity contribution in [2.45, 2.75) is 32.4 Å². The van der Waals surface area contributed by atoms with Crippen LogP contribution in [0.1, 0.15) is 30.8 Å². The summed E-state index contributed by atoms with van der Waals surface area (Å²) < 4.78 is 1.83. The van der Waals surface area contributed by atoms with Gasteiger partial charge in [0.15, 0.2) is 0 Å². The van der Waals surface area contributed by atoms with E-state index < -0.39 is 5.60 Å². The number of hydrogen-bond donors (Lipinski definition) is 2. The molecular formula is C26H24N6O2S. The number of anilines is 1. The van der Waals surface area contributed by atoms with Crippen molar-refractivity contribution in [1.82, 2.24) is 24.7 Å². The topological polar surface area (TPSA) is 106 Å². The fourth-order valence-electron chi connectivity index (χ4n) is 3.69. The Hall–Kier alpha value is -3.95. The van der Waals surface area contributed by atoms with E-state index in [9.17, 15) is 9.90 Å². The van der Waals surface area contributed by atoms with Crippen LogP contribution in [-0.4, -0.2) is 41.3 Å². The quantitative estimate of drug-likeness (QED) is 0.336. The third-order valence-electron chi connectivity index (χ3n) is 5.55. The summed E-state index contributed by atoms with van der Waals surface area (Å²) in [5, 5.41) is 21.2. The molecule has 8 nitrogen and oxygen atoms in total. The van der Waals surface area contributed by atoms with Gasteiger partial charge in [0.1, 0.15) is 10.7 Å². The van der Waals surface area contributed by atoms with Gasteiger partial charge in [-0.1, -0.05) is 0 Å². The predicted molar refractivity (Wildman–Crippen MR) is 137 cm³/mol. The summed E-state index contributed by atoms with van der Waals surface area (Å²) in [6.45, 7) is 4.15. The van der Waals surface area contributed by atoms with E-state index in [1.165, 1.54) is 11.3 Å². The SMILES string of the molecule is CC(C)(O)CCn1cc2cc(NC(=O)c3csc(-c4ccncc4)n3)c(-c3ccncc3)cc2n1. The van der Waals surface area contributed by atoms with E-state index >= 15 is 0 Å². The van der Waals surface area contributed by atoms with Crippen LogP contribution in [0.2, 0.25) is 0 Å². The maximum atomic E-state index is 13.2. The first-order valence-corrected chi connectivity index (χ1v) is 12.0. The van der Waals surface area contributed by atoms with Crippen LogP contribution in [0.5, 0.6) is 0 Å². The first-order chi connectivity index (χ1) is 16.9. The molecule has 0 radical (unpaired) electrons. The molecule has 176 valence electrons. The Kier molecular flexibility index (Phi) is 6.10. The molecule has 0 aliphatic rings. The third kappa shape index (κ3) is 5.26. The second kappa shape index (κ2) is 9.36. The molecule has 4 aromatic heterocycles. The number of fused-ring (bicyclic) bond motifs is 1. The number of nitrogens with one attached hydrogen (secondary N) is 1. The van der Waals surface area contributed by atoms with Crippen LogP contribution in [0.25, 0.3) is 32.6 Å². The second-order valence-electron chi connectivity index (χ2n) is 8.88. The van der Waals surface area contributed by atoms with Gasteiger partial charge >= 0.3 is 0 Å². The maximum Gasteiger partial charge on any atom is 0.275 e. The molecule has 35 heavy (non-hydrogen) atoms. The Bertz CT molecular complexity index is 1470. The molecule has 1 amide bonds. The zero-order valence-corrected chi connectivity index (χ0v) is 20.2. The van der Waals surface area contributed by atoms with Gasteiger partial charge in [0.25, 0.3) is 5.91 Å². The molecule has 0 aliphatic carbocycles. The van der Waals surface area contributed by atoms with Gasteiger partial charge in [-0.3, -0.25) is 19.4 Å². The lowest BCUT2D eigenvalue weighted by Crippen LogP contribution is -2.21. The van der Waals surface area contributed by atoms with Gasteiger partial charge in [-0.15, -0.1) is 11.3 Å². The first kappa shape index (κ1) is 22.8. The van der Waals surface area contributed by atoms with Crippen LogP contribution < -0.4 is 5.32 Å². The number of aryl methyl sites for hydroxylation is 1. The molecule has 0 spiro atoms. The van der Waals surface area contributed by atoms with Gasteiger partial charge in [-0.05, 0) is 62.2 Å². The van der Waals surface area contributed by atoms with Crippen molar-refractivity contribution in [3.63, 3.8) is 0 Å². The minimum absolute atomic E-state index is 0.286. The summed E-state index contributed by atoms with van der Waals surface area (Å²) in [4.78, 5) is 25.8. The number of rotatable bonds is 7. The van der Waals surface area contributed by atoms with Gasteiger partial charge in [0.2, 0.25) is 0 Å². The molecule has 0 bridgehead atoms. The van der Waals surface area contributed by atoms with E-state index in [0.717, 1.165) is 32.6 Å². The lowest BCUT2D eigenvalue weighted by atomic mass is 10.0. The van der Waals surface area contributed by atoms with Crippen LogP contribution in [0.4, 0.5) is 5.69 Å². The van der Waals surface area contributed by atoms with Crippen LogP contribution in [0.15, 0.2) is 72.8 Å². The third-order valence-corrected chi connectivity index (χ3v) is 6.44. The summed E-state index contributed by atoms with van der Waals surface area (Å²) in [6, 6.07) is 11.4. The molecule has 5 aromatic rings. The number of pyridine rings is 2. The molecule has 0 unspecified atom stereocenters. The number of thiazole rings is 1. The van der Waals surface area contributed by atoms with Gasteiger partial charge in [-0.25, -0.2) is 4.98 Å². The number of hydrogen-bond acceptors (Lipinski definition) is 7. The largest absolute Gasteiger partial charge is 0.390 e. The van der Waals surface area contributed by atoms with Crippen LogP contribution in [0, 0.1) is 0 Å². The number of aromatic nitrogens is 5. The van der Waals surface area contributed by atoms with Crippen molar-refractivity contribution < 1.29 is 9.90 Å². The minimum Gasteiger partial charge on any atom is -0.390 e. The highest BCUT2D eigenvalue weighted by atomic mass is 32.1. The molecule has 1 aromatic carbocycles. The zero-order valence-electron chi connectivity index (χ0n) is 19.3. The Morgan fingerprint density at radius 3 is 2.43 bits per heavy atom. The highest BCUT2D eigenvalue weighted by Crippen LogP contribution is 2.33. The van der Waals surface area contributed by atoms with Crippen molar-refractivity contribution in [2.75, 3.05) is 5.32 Å². The Morgan fingerprint density at radius 1 is 1.06 bits per heavy atom. The van der Waals surface area contributed by atoms with Gasteiger partial charge < -0.3 is 10.4 Å². The molecule has 0 aliphatic heterocycles. The van der Waals surface area contributed by atoms with Crippen LogP contribution in [-0.2, 0) is 6.54 Å². The van der Waals surface area contributed by atoms with Gasteiger partial charge in [0, 0.05) is 65.1 Å². The monoisotopic (exact) mass is 484 g/mol. The van der Waals surface area contributed by atoms with Crippen molar-refractivity contribution in [1.29, 1.82) is 0 Å². The molecule has 5 rings (SSSR count). The Balaban J connectivity index is 1.48. The lowest BCUT2D eigenvalue weighted by Gasteiger charge is -2.16. The highest BCUT2D eigenvalue weighted by Gasteiger charge is 2.17. The molecule has 0 fully saturated rings. The van der Waals surface area contributed by atoms with E-state index in [-0.39, 0.29) is 5.91 Å². The molecular weight excluding hydrogens is 460 g/mol. The number of aliphatic hydroxyl groups is 1. The summed E-state index contributed by atoms with van der Waals surface area (Å²) in [7, 11) is 0. The van der Waals surface area contributed by atoms with Crippen molar-refractivity contribution in [3.05, 3.63) is 78.5 Å². The molecule has 0 atom stereocenters. The van der Waals surface area contributed by atoms with Crippen molar-refractivity contribution >= 4 is 33.8 Å². The number of carbonyl (C=O) groups is 1. The predicted octanol–water partition coefficient (Wildman–Crippen LogP) is 5.03. The smallest absolute Gasteiger partial charge is 0.275 e. The molecule has 0 saturated carbocycles. The maximum absolute atomic E-state index is 13.2. The highest BCUT2D eigenvalue weighted by molar-refractivity contribution is 7.13. The Morgan fingerprint density at radius 2 is 1.74 bits per heavy atom. The van der Waals surface area contributed by atoms with Crippen LogP contribution in [0.3, 0.4) is 0 Å². The van der Waals surface area contributed by atoms with Gasteiger partial charge in [-0.2, -0.15) is 5.10 Å². The van der Waals surface area contributed by atoms with Crippen molar-refractivity contribution in [3.8, 4) is 21.7 Å². The molecule has 9 heteroatoms. The standard InChI is InChI=1S/C26H24N6O2S/c1-26(2,34)7-12-32-15-19-13-22(20(14-21(19)31-32)17-3-8-27-9-4-17)29-24(33)23-16-35-25(30-23)18-5-10-28-11-6-18/h3-6,8-11,13-16,34H,7,12H2,1-2H3,(H,29,33).